The smallest absolute Gasteiger partial charge is 0.222 e. The number of aryl methyl sites for hydroxylation is 1. The van der Waals surface area contributed by atoms with Crippen LogP contribution in [-0.2, 0) is 9.47 Å². The first-order chi connectivity index (χ1) is 8.84. The quantitative estimate of drug-likeness (QED) is 0.781. The van der Waals surface area contributed by atoms with E-state index in [2.05, 4.69) is 15.3 Å². The van der Waals surface area contributed by atoms with E-state index in [0.717, 1.165) is 51.2 Å². The molecule has 0 aromatic carbocycles. The molecule has 1 aromatic heterocycles. The van der Waals surface area contributed by atoms with Gasteiger partial charge in [-0.2, -0.15) is 0 Å². The standard InChI is InChI=1S/C13H21N3O2/c1-11-9-15-13(16-10-11)14-5-2-6-18-12-3-7-17-8-4-12/h9-10,12H,2-8H2,1H3,(H,14,15,16). The third-order valence-corrected chi connectivity index (χ3v) is 2.91. The molecule has 100 valence electrons. The van der Waals surface area contributed by atoms with E-state index in [9.17, 15) is 0 Å². The Balaban J connectivity index is 1.54. The molecule has 1 aliphatic rings. The van der Waals surface area contributed by atoms with Crippen molar-refractivity contribution in [1.82, 2.24) is 9.97 Å². The van der Waals surface area contributed by atoms with Gasteiger partial charge in [0.25, 0.3) is 0 Å². The van der Waals surface area contributed by atoms with Gasteiger partial charge < -0.3 is 14.8 Å². The van der Waals surface area contributed by atoms with Crippen molar-refractivity contribution in [2.45, 2.75) is 32.3 Å². The fourth-order valence-electron chi connectivity index (χ4n) is 1.85. The van der Waals surface area contributed by atoms with Gasteiger partial charge in [-0.1, -0.05) is 0 Å². The van der Waals surface area contributed by atoms with Gasteiger partial charge in [-0.05, 0) is 31.7 Å². The molecule has 5 nitrogen and oxygen atoms in total. The molecule has 0 bridgehead atoms. The highest BCUT2D eigenvalue weighted by Crippen LogP contribution is 2.10. The molecule has 2 heterocycles. The lowest BCUT2D eigenvalue weighted by atomic mass is 10.1. The highest BCUT2D eigenvalue weighted by Gasteiger charge is 2.13. The van der Waals surface area contributed by atoms with Crippen LogP contribution in [0, 0.1) is 6.92 Å². The average molecular weight is 251 g/mol. The van der Waals surface area contributed by atoms with Crippen molar-refractivity contribution in [1.29, 1.82) is 0 Å². The van der Waals surface area contributed by atoms with Gasteiger partial charge in [0.1, 0.15) is 0 Å². The Bertz CT molecular complexity index is 337. The molecule has 1 fully saturated rings. The summed E-state index contributed by atoms with van der Waals surface area (Å²) in [5, 5.41) is 3.18. The monoisotopic (exact) mass is 251 g/mol. The molecule has 0 amide bonds. The molecular formula is C13H21N3O2. The molecular weight excluding hydrogens is 230 g/mol. The Morgan fingerprint density at radius 3 is 2.78 bits per heavy atom. The number of ether oxygens (including phenoxy) is 2. The molecule has 0 aliphatic carbocycles. The van der Waals surface area contributed by atoms with Crippen LogP contribution >= 0.6 is 0 Å². The largest absolute Gasteiger partial charge is 0.381 e. The Hall–Kier alpha value is -1.20. The second-order valence-corrected chi connectivity index (χ2v) is 4.55. The molecule has 1 saturated heterocycles. The van der Waals surface area contributed by atoms with E-state index in [0.29, 0.717) is 12.1 Å². The van der Waals surface area contributed by atoms with Crippen molar-refractivity contribution >= 4 is 5.95 Å². The summed E-state index contributed by atoms with van der Waals surface area (Å²) in [4.78, 5) is 8.37. The first kappa shape index (κ1) is 13.2. The molecule has 0 atom stereocenters. The molecule has 1 N–H and O–H groups in total. The number of hydrogen-bond acceptors (Lipinski definition) is 5. The van der Waals surface area contributed by atoms with Crippen LogP contribution < -0.4 is 5.32 Å². The number of hydrogen-bond donors (Lipinski definition) is 1. The van der Waals surface area contributed by atoms with Crippen LogP contribution in [0.5, 0.6) is 0 Å². The van der Waals surface area contributed by atoms with Crippen LogP contribution in [0.25, 0.3) is 0 Å². The summed E-state index contributed by atoms with van der Waals surface area (Å²) in [6.07, 6.45) is 7.02. The van der Waals surface area contributed by atoms with Crippen LogP contribution in [0.15, 0.2) is 12.4 Å². The van der Waals surface area contributed by atoms with E-state index in [1.54, 1.807) is 0 Å². The zero-order valence-electron chi connectivity index (χ0n) is 10.9. The van der Waals surface area contributed by atoms with Crippen molar-refractivity contribution < 1.29 is 9.47 Å². The Morgan fingerprint density at radius 2 is 2.06 bits per heavy atom. The Morgan fingerprint density at radius 1 is 1.33 bits per heavy atom. The third-order valence-electron chi connectivity index (χ3n) is 2.91. The average Bonchev–Trinajstić information content (AvgIpc) is 2.42. The summed E-state index contributed by atoms with van der Waals surface area (Å²) >= 11 is 0. The number of rotatable bonds is 6. The Kier molecular flexibility index (Phi) is 5.36. The SMILES string of the molecule is Cc1cnc(NCCCOC2CCOCC2)nc1. The van der Waals surface area contributed by atoms with Crippen molar-refractivity contribution in [2.75, 3.05) is 31.7 Å². The first-order valence-corrected chi connectivity index (χ1v) is 6.56. The van der Waals surface area contributed by atoms with Gasteiger partial charge in [0, 0.05) is 38.8 Å². The molecule has 18 heavy (non-hydrogen) atoms. The summed E-state index contributed by atoms with van der Waals surface area (Å²) in [6, 6.07) is 0. The highest BCUT2D eigenvalue weighted by molar-refractivity contribution is 5.23. The van der Waals surface area contributed by atoms with E-state index < -0.39 is 0 Å². The molecule has 1 aliphatic heterocycles. The van der Waals surface area contributed by atoms with Crippen LogP contribution in [0.4, 0.5) is 5.95 Å². The summed E-state index contributed by atoms with van der Waals surface area (Å²) < 4.78 is 11.1. The van der Waals surface area contributed by atoms with Gasteiger partial charge in [0.2, 0.25) is 5.95 Å². The maximum Gasteiger partial charge on any atom is 0.222 e. The zero-order chi connectivity index (χ0) is 12.6. The molecule has 0 radical (unpaired) electrons. The van der Waals surface area contributed by atoms with Gasteiger partial charge in [-0.3, -0.25) is 0 Å². The predicted molar refractivity (Wildman–Crippen MR) is 69.7 cm³/mol. The van der Waals surface area contributed by atoms with Gasteiger partial charge in [-0.25, -0.2) is 9.97 Å². The lowest BCUT2D eigenvalue weighted by molar-refractivity contribution is -0.0316. The lowest BCUT2D eigenvalue weighted by Gasteiger charge is -2.22. The van der Waals surface area contributed by atoms with E-state index >= 15 is 0 Å². The number of anilines is 1. The van der Waals surface area contributed by atoms with E-state index in [4.69, 9.17) is 9.47 Å². The van der Waals surface area contributed by atoms with Gasteiger partial charge >= 0.3 is 0 Å². The molecule has 5 heteroatoms. The fraction of sp³-hybridized carbons (Fsp3) is 0.692. The van der Waals surface area contributed by atoms with Crippen molar-refractivity contribution in [3.8, 4) is 0 Å². The highest BCUT2D eigenvalue weighted by atomic mass is 16.5. The summed E-state index contributed by atoms with van der Waals surface area (Å²) in [6.45, 7) is 5.27. The van der Waals surface area contributed by atoms with Crippen LogP contribution in [0.3, 0.4) is 0 Å². The second kappa shape index (κ2) is 7.28. The minimum Gasteiger partial charge on any atom is -0.381 e. The third kappa shape index (κ3) is 4.58. The van der Waals surface area contributed by atoms with E-state index in [1.165, 1.54) is 0 Å². The normalized spacial score (nSPS) is 16.7. The summed E-state index contributed by atoms with van der Waals surface area (Å²) in [7, 11) is 0. The summed E-state index contributed by atoms with van der Waals surface area (Å²) in [5.41, 5.74) is 1.07. The maximum atomic E-state index is 5.78. The van der Waals surface area contributed by atoms with Crippen molar-refractivity contribution in [3.05, 3.63) is 18.0 Å². The molecule has 0 spiro atoms. The minimum absolute atomic E-state index is 0.384. The Labute approximate surface area is 108 Å². The predicted octanol–water partition coefficient (Wildman–Crippen LogP) is 1.78. The molecule has 2 rings (SSSR count). The van der Waals surface area contributed by atoms with Gasteiger partial charge in [0.15, 0.2) is 0 Å². The van der Waals surface area contributed by atoms with Crippen LogP contribution in [0.2, 0.25) is 0 Å². The maximum absolute atomic E-state index is 5.78. The topological polar surface area (TPSA) is 56.3 Å². The molecule has 1 aromatic rings. The summed E-state index contributed by atoms with van der Waals surface area (Å²) in [5.74, 6) is 0.687. The van der Waals surface area contributed by atoms with Crippen molar-refractivity contribution in [3.63, 3.8) is 0 Å². The van der Waals surface area contributed by atoms with Gasteiger partial charge in [0.05, 0.1) is 6.10 Å². The zero-order valence-corrected chi connectivity index (χ0v) is 10.9. The molecule has 0 saturated carbocycles. The number of nitrogens with zero attached hydrogens (tertiary/aromatic N) is 2. The van der Waals surface area contributed by atoms with E-state index in [-0.39, 0.29) is 0 Å². The first-order valence-electron chi connectivity index (χ1n) is 6.56. The minimum atomic E-state index is 0.384. The number of aromatic nitrogens is 2. The van der Waals surface area contributed by atoms with Crippen LogP contribution in [0.1, 0.15) is 24.8 Å². The van der Waals surface area contributed by atoms with Crippen molar-refractivity contribution in [2.24, 2.45) is 0 Å². The van der Waals surface area contributed by atoms with Gasteiger partial charge in [-0.15, -0.1) is 0 Å². The van der Waals surface area contributed by atoms with E-state index in [1.807, 2.05) is 19.3 Å². The number of nitrogens with one attached hydrogen (secondary N) is 1. The lowest BCUT2D eigenvalue weighted by Crippen LogP contribution is -2.24. The fourth-order valence-corrected chi connectivity index (χ4v) is 1.85. The molecule has 0 unspecified atom stereocenters. The van der Waals surface area contributed by atoms with Crippen LogP contribution in [-0.4, -0.2) is 42.4 Å². The second-order valence-electron chi connectivity index (χ2n) is 4.55.